The molecule has 9 heteroatoms. The van der Waals surface area contributed by atoms with E-state index >= 15 is 0 Å². The fourth-order valence-corrected chi connectivity index (χ4v) is 6.86. The highest BCUT2D eigenvalue weighted by Crippen LogP contribution is 2.36. The molecule has 0 aliphatic carbocycles. The molecular weight excluding hydrogens is 703 g/mol. The Morgan fingerprint density at radius 3 is 1.12 bits per heavy atom. The first kappa shape index (κ1) is 33.5. The SMILES string of the molecule is c1ccc(-c2nc(-c3ccccc3)nc(-c3cc(-c4nc(-c5ccccc5)nc(-c5ccccc5)n4)cc(-c4nc5ccccc5n4-c4cccnc4)c3)n2)cc1. The van der Waals surface area contributed by atoms with Crippen molar-refractivity contribution in [3.63, 3.8) is 0 Å². The van der Waals surface area contributed by atoms with Gasteiger partial charge in [-0.15, -0.1) is 0 Å². The summed E-state index contributed by atoms with van der Waals surface area (Å²) in [6, 6.07) is 58.1. The Labute approximate surface area is 328 Å². The fourth-order valence-electron chi connectivity index (χ4n) is 6.86. The third-order valence-corrected chi connectivity index (χ3v) is 9.57. The maximum absolute atomic E-state index is 5.22. The lowest BCUT2D eigenvalue weighted by atomic mass is 10.0. The Morgan fingerprint density at radius 2 is 0.702 bits per heavy atom. The molecule has 4 aromatic heterocycles. The molecule has 0 unspecified atom stereocenters. The molecule has 57 heavy (non-hydrogen) atoms. The summed E-state index contributed by atoms with van der Waals surface area (Å²) in [5.41, 5.74) is 8.49. The first-order chi connectivity index (χ1) is 28.2. The van der Waals surface area contributed by atoms with Crippen molar-refractivity contribution in [1.82, 2.24) is 44.4 Å². The van der Waals surface area contributed by atoms with Gasteiger partial charge in [0.1, 0.15) is 5.82 Å². The summed E-state index contributed by atoms with van der Waals surface area (Å²) in [7, 11) is 0. The topological polar surface area (TPSA) is 108 Å². The number of hydrogen-bond acceptors (Lipinski definition) is 8. The third-order valence-electron chi connectivity index (χ3n) is 9.57. The lowest BCUT2D eigenvalue weighted by molar-refractivity contribution is 1.06. The van der Waals surface area contributed by atoms with E-state index in [1.54, 1.807) is 6.20 Å². The number of nitrogens with zero attached hydrogens (tertiary/aromatic N) is 9. The van der Waals surface area contributed by atoms with Crippen molar-refractivity contribution in [2.75, 3.05) is 0 Å². The van der Waals surface area contributed by atoms with Crippen LogP contribution < -0.4 is 0 Å². The van der Waals surface area contributed by atoms with Gasteiger partial charge in [0, 0.05) is 45.1 Å². The van der Waals surface area contributed by atoms with Gasteiger partial charge in [0.05, 0.1) is 22.9 Å². The van der Waals surface area contributed by atoms with Gasteiger partial charge in [-0.25, -0.2) is 34.9 Å². The standard InChI is InChI=1S/C48H31N9/c1-5-16-32(17-6-1)42-51-43(33-18-7-2-8-19-33)54-46(53-42)36-28-37(47-55-44(34-20-9-3-10-21-34)52-45(56-47)35-22-11-4-12-23-35)30-38(29-36)48-50-40-25-13-14-26-41(40)57(48)39-24-15-27-49-31-39/h1-31H. The molecule has 0 spiro atoms. The number of pyridine rings is 1. The normalized spacial score (nSPS) is 11.2. The first-order valence-electron chi connectivity index (χ1n) is 18.5. The van der Waals surface area contributed by atoms with Crippen LogP contribution in [0.2, 0.25) is 0 Å². The van der Waals surface area contributed by atoms with Crippen LogP contribution in [-0.4, -0.2) is 44.4 Å². The van der Waals surface area contributed by atoms with Gasteiger partial charge >= 0.3 is 0 Å². The molecule has 4 heterocycles. The Kier molecular flexibility index (Phi) is 8.62. The molecule has 0 bridgehead atoms. The van der Waals surface area contributed by atoms with Crippen molar-refractivity contribution in [1.29, 1.82) is 0 Å². The average molecular weight is 734 g/mol. The Morgan fingerprint density at radius 1 is 0.316 bits per heavy atom. The van der Waals surface area contributed by atoms with Gasteiger partial charge in [0.15, 0.2) is 34.9 Å². The summed E-state index contributed by atoms with van der Waals surface area (Å²) in [5.74, 6) is 3.96. The zero-order valence-corrected chi connectivity index (χ0v) is 30.4. The molecule has 0 amide bonds. The second-order valence-electron chi connectivity index (χ2n) is 13.3. The van der Waals surface area contributed by atoms with Crippen molar-refractivity contribution in [3.8, 4) is 85.4 Å². The highest BCUT2D eigenvalue weighted by atomic mass is 15.1. The lowest BCUT2D eigenvalue weighted by Crippen LogP contribution is -2.03. The molecule has 10 rings (SSSR count). The number of rotatable bonds is 8. The highest BCUT2D eigenvalue weighted by molar-refractivity contribution is 5.86. The van der Waals surface area contributed by atoms with E-state index in [4.69, 9.17) is 34.9 Å². The molecule has 9 nitrogen and oxygen atoms in total. The van der Waals surface area contributed by atoms with E-state index in [1.807, 2.05) is 164 Å². The number of fused-ring (bicyclic) bond motifs is 1. The monoisotopic (exact) mass is 733 g/mol. The van der Waals surface area contributed by atoms with Gasteiger partial charge in [-0.3, -0.25) is 9.55 Å². The number of imidazole rings is 1. The van der Waals surface area contributed by atoms with Crippen LogP contribution >= 0.6 is 0 Å². The molecule has 0 fully saturated rings. The summed E-state index contributed by atoms with van der Waals surface area (Å²) in [6.07, 6.45) is 3.61. The largest absolute Gasteiger partial charge is 0.291 e. The summed E-state index contributed by atoms with van der Waals surface area (Å²) in [4.78, 5) is 40.0. The summed E-state index contributed by atoms with van der Waals surface area (Å²) in [6.45, 7) is 0. The van der Waals surface area contributed by atoms with Gasteiger partial charge < -0.3 is 0 Å². The minimum Gasteiger partial charge on any atom is -0.291 e. The molecule has 0 radical (unpaired) electrons. The van der Waals surface area contributed by atoms with Crippen LogP contribution in [0.15, 0.2) is 188 Å². The average Bonchev–Trinajstić information content (AvgIpc) is 3.70. The molecular formula is C48H31N9. The van der Waals surface area contributed by atoms with Crippen LogP contribution in [0.1, 0.15) is 0 Å². The summed E-state index contributed by atoms with van der Waals surface area (Å²) in [5, 5.41) is 0. The van der Waals surface area contributed by atoms with E-state index in [1.165, 1.54) is 0 Å². The molecule has 0 saturated carbocycles. The molecule has 268 valence electrons. The second-order valence-corrected chi connectivity index (χ2v) is 13.3. The van der Waals surface area contributed by atoms with Crippen molar-refractivity contribution in [2.24, 2.45) is 0 Å². The Bertz CT molecular complexity index is 2730. The number of benzene rings is 6. The zero-order chi connectivity index (χ0) is 38.0. The summed E-state index contributed by atoms with van der Waals surface area (Å²) < 4.78 is 2.13. The van der Waals surface area contributed by atoms with Crippen LogP contribution in [0.3, 0.4) is 0 Å². The van der Waals surface area contributed by atoms with E-state index in [2.05, 4.69) is 27.8 Å². The van der Waals surface area contributed by atoms with E-state index in [0.29, 0.717) is 40.8 Å². The van der Waals surface area contributed by atoms with Crippen molar-refractivity contribution >= 4 is 11.0 Å². The van der Waals surface area contributed by atoms with E-state index in [-0.39, 0.29) is 0 Å². The third kappa shape index (κ3) is 6.70. The van der Waals surface area contributed by atoms with Crippen LogP contribution in [0.4, 0.5) is 0 Å². The minimum atomic E-state index is 0.496. The van der Waals surface area contributed by atoms with Crippen molar-refractivity contribution < 1.29 is 0 Å². The van der Waals surface area contributed by atoms with E-state index in [0.717, 1.165) is 55.7 Å². The molecule has 6 aromatic carbocycles. The predicted molar refractivity (Wildman–Crippen MR) is 224 cm³/mol. The van der Waals surface area contributed by atoms with Gasteiger partial charge in [0.25, 0.3) is 0 Å². The smallest absolute Gasteiger partial charge is 0.164 e. The van der Waals surface area contributed by atoms with Crippen LogP contribution in [0.25, 0.3) is 96.4 Å². The molecule has 0 aliphatic rings. The highest BCUT2D eigenvalue weighted by Gasteiger charge is 2.21. The quantitative estimate of drug-likeness (QED) is 0.152. The molecule has 0 aliphatic heterocycles. The number of para-hydroxylation sites is 2. The van der Waals surface area contributed by atoms with Crippen LogP contribution in [-0.2, 0) is 0 Å². The maximum atomic E-state index is 5.22. The molecule has 0 N–H and O–H groups in total. The molecule has 0 saturated heterocycles. The van der Waals surface area contributed by atoms with E-state index in [9.17, 15) is 0 Å². The van der Waals surface area contributed by atoms with Crippen molar-refractivity contribution in [3.05, 3.63) is 188 Å². The summed E-state index contributed by atoms with van der Waals surface area (Å²) >= 11 is 0. The van der Waals surface area contributed by atoms with Crippen LogP contribution in [0.5, 0.6) is 0 Å². The van der Waals surface area contributed by atoms with Gasteiger partial charge in [-0.1, -0.05) is 133 Å². The Hall–Kier alpha value is -8.04. The van der Waals surface area contributed by atoms with E-state index < -0.39 is 0 Å². The van der Waals surface area contributed by atoms with Gasteiger partial charge in [-0.05, 0) is 42.5 Å². The zero-order valence-electron chi connectivity index (χ0n) is 30.4. The van der Waals surface area contributed by atoms with Gasteiger partial charge in [0.2, 0.25) is 0 Å². The first-order valence-corrected chi connectivity index (χ1v) is 18.5. The van der Waals surface area contributed by atoms with Crippen molar-refractivity contribution in [2.45, 2.75) is 0 Å². The second kappa shape index (κ2) is 14.7. The Balaban J connectivity index is 1.26. The number of hydrogen-bond donors (Lipinski definition) is 0. The fraction of sp³-hybridized carbons (Fsp3) is 0. The van der Waals surface area contributed by atoms with Gasteiger partial charge in [-0.2, -0.15) is 0 Å². The number of aromatic nitrogens is 9. The predicted octanol–water partition coefficient (Wildman–Crippen LogP) is 10.5. The van der Waals surface area contributed by atoms with Crippen LogP contribution in [0, 0.1) is 0 Å². The molecule has 10 aromatic rings. The lowest BCUT2D eigenvalue weighted by Gasteiger charge is -2.14. The molecule has 0 atom stereocenters. The minimum absolute atomic E-state index is 0.496. The maximum Gasteiger partial charge on any atom is 0.164 e.